The maximum Gasteiger partial charge on any atom is 0.134 e. The molecule has 0 bridgehead atoms. The minimum atomic E-state index is 0.309. The number of aromatic amines is 1. The zero-order valence-electron chi connectivity index (χ0n) is 25.0. The summed E-state index contributed by atoms with van der Waals surface area (Å²) in [6.07, 6.45) is 1.29. The SMILES string of the molecule is CC1Cc2cc(Cl)ccc2O1.Cc1cc2cc(Cl)ccc2o1.Cc1ccc2nc(C)[nH]c2c1.Cc1nc2cc(Cl)ccc2s1. The average Bonchev–Trinajstić information content (AvgIpc) is 3.71. The lowest BCUT2D eigenvalue weighted by atomic mass is 10.1. The van der Waals surface area contributed by atoms with Gasteiger partial charge in [-0.2, -0.15) is 0 Å². The number of rotatable bonds is 0. The highest BCUT2D eigenvalue weighted by molar-refractivity contribution is 7.18. The van der Waals surface area contributed by atoms with E-state index in [0.717, 1.165) is 71.3 Å². The summed E-state index contributed by atoms with van der Waals surface area (Å²) in [6.45, 7) is 10.0. The number of halogens is 3. The van der Waals surface area contributed by atoms with E-state index in [0.29, 0.717) is 6.10 Å². The lowest BCUT2D eigenvalue weighted by Gasteiger charge is -2.00. The number of imidazole rings is 1. The van der Waals surface area contributed by atoms with Gasteiger partial charge in [0.1, 0.15) is 29.0 Å². The van der Waals surface area contributed by atoms with Gasteiger partial charge in [0.2, 0.25) is 0 Å². The van der Waals surface area contributed by atoms with Gasteiger partial charge in [0.25, 0.3) is 0 Å². The number of thiazole rings is 1. The molecular formula is C35H32Cl3N3O2S. The van der Waals surface area contributed by atoms with Crippen LogP contribution in [-0.2, 0) is 6.42 Å². The number of aryl methyl sites for hydroxylation is 4. The molecule has 0 fully saturated rings. The molecule has 0 aliphatic carbocycles. The van der Waals surface area contributed by atoms with Crippen molar-refractivity contribution in [3.05, 3.63) is 122 Å². The van der Waals surface area contributed by atoms with Gasteiger partial charge in [-0.15, -0.1) is 11.3 Å². The molecule has 0 spiro atoms. The monoisotopic (exact) mass is 663 g/mol. The molecular weight excluding hydrogens is 633 g/mol. The van der Waals surface area contributed by atoms with Crippen LogP contribution >= 0.6 is 46.1 Å². The molecule has 0 amide bonds. The van der Waals surface area contributed by atoms with E-state index in [2.05, 4.69) is 40.9 Å². The van der Waals surface area contributed by atoms with Gasteiger partial charge in [-0.05, 0) is 119 Å². The second-order valence-corrected chi connectivity index (χ2v) is 13.2. The molecule has 7 aromatic rings. The summed E-state index contributed by atoms with van der Waals surface area (Å²) < 4.78 is 12.1. The van der Waals surface area contributed by atoms with Crippen molar-refractivity contribution >= 4 is 78.4 Å². The summed E-state index contributed by atoms with van der Waals surface area (Å²) in [5, 5.41) is 4.44. The van der Waals surface area contributed by atoms with Crippen LogP contribution in [0.15, 0.2) is 83.3 Å². The van der Waals surface area contributed by atoms with Crippen LogP contribution in [0.4, 0.5) is 0 Å². The van der Waals surface area contributed by atoms with E-state index in [1.54, 1.807) is 11.3 Å². The molecule has 44 heavy (non-hydrogen) atoms. The van der Waals surface area contributed by atoms with Crippen LogP contribution in [-0.4, -0.2) is 21.1 Å². The number of nitrogens with one attached hydrogen (secondary N) is 1. The molecule has 0 saturated carbocycles. The number of hydrogen-bond acceptors (Lipinski definition) is 5. The molecule has 5 nitrogen and oxygen atoms in total. The molecule has 0 radical (unpaired) electrons. The number of benzene rings is 4. The van der Waals surface area contributed by atoms with E-state index in [1.807, 2.05) is 87.5 Å². The number of furan rings is 1. The maximum absolute atomic E-state index is 5.82. The Hall–Kier alpha value is -3.55. The fraction of sp³-hybridized carbons (Fsp3) is 0.200. The Morgan fingerprint density at radius 1 is 0.773 bits per heavy atom. The third-order valence-electron chi connectivity index (χ3n) is 6.67. The zero-order chi connectivity index (χ0) is 31.4. The third-order valence-corrected chi connectivity index (χ3v) is 8.33. The first kappa shape index (κ1) is 31.9. The normalized spacial score (nSPS) is 13.3. The predicted molar refractivity (Wildman–Crippen MR) is 186 cm³/mol. The first-order valence-electron chi connectivity index (χ1n) is 14.1. The summed E-state index contributed by atoms with van der Waals surface area (Å²) in [6, 6.07) is 25.3. The van der Waals surface area contributed by atoms with Crippen LogP contribution in [0.5, 0.6) is 5.75 Å². The lowest BCUT2D eigenvalue weighted by molar-refractivity contribution is 0.254. The summed E-state index contributed by atoms with van der Waals surface area (Å²) in [4.78, 5) is 11.8. The molecule has 226 valence electrons. The Morgan fingerprint density at radius 3 is 2.32 bits per heavy atom. The number of hydrogen-bond donors (Lipinski definition) is 1. The van der Waals surface area contributed by atoms with Crippen molar-refractivity contribution in [1.82, 2.24) is 15.0 Å². The Morgan fingerprint density at radius 2 is 1.50 bits per heavy atom. The van der Waals surface area contributed by atoms with Crippen LogP contribution in [0.1, 0.15) is 34.6 Å². The smallest absolute Gasteiger partial charge is 0.134 e. The quantitative estimate of drug-likeness (QED) is 0.175. The highest BCUT2D eigenvalue weighted by Gasteiger charge is 2.18. The summed E-state index contributed by atoms with van der Waals surface area (Å²) in [5.74, 6) is 2.88. The molecule has 8 rings (SSSR count). The predicted octanol–water partition coefficient (Wildman–Crippen LogP) is 11.5. The summed E-state index contributed by atoms with van der Waals surface area (Å²) in [7, 11) is 0. The minimum Gasteiger partial charge on any atom is -0.490 e. The molecule has 1 unspecified atom stereocenters. The van der Waals surface area contributed by atoms with Crippen molar-refractivity contribution < 1.29 is 9.15 Å². The fourth-order valence-electron chi connectivity index (χ4n) is 4.80. The van der Waals surface area contributed by atoms with Gasteiger partial charge in [0, 0.05) is 26.9 Å². The molecule has 9 heteroatoms. The highest BCUT2D eigenvalue weighted by atomic mass is 35.5. The van der Waals surface area contributed by atoms with Crippen LogP contribution in [0, 0.1) is 27.7 Å². The van der Waals surface area contributed by atoms with E-state index >= 15 is 0 Å². The van der Waals surface area contributed by atoms with Crippen LogP contribution in [0.3, 0.4) is 0 Å². The van der Waals surface area contributed by atoms with Crippen LogP contribution in [0.2, 0.25) is 15.1 Å². The number of aromatic nitrogens is 3. The molecule has 4 heterocycles. The lowest BCUT2D eigenvalue weighted by Crippen LogP contribution is -2.05. The molecule has 1 aliphatic heterocycles. The number of nitrogens with zero attached hydrogens (tertiary/aromatic N) is 2. The van der Waals surface area contributed by atoms with Crippen molar-refractivity contribution in [2.45, 2.75) is 47.1 Å². The van der Waals surface area contributed by atoms with Gasteiger partial charge in [-0.1, -0.05) is 40.9 Å². The average molecular weight is 665 g/mol. The van der Waals surface area contributed by atoms with E-state index in [9.17, 15) is 0 Å². The number of ether oxygens (including phenoxy) is 1. The summed E-state index contributed by atoms with van der Waals surface area (Å²) >= 11 is 19.1. The van der Waals surface area contributed by atoms with Crippen molar-refractivity contribution in [2.24, 2.45) is 0 Å². The summed E-state index contributed by atoms with van der Waals surface area (Å²) in [5.41, 5.74) is 6.56. The van der Waals surface area contributed by atoms with Gasteiger partial charge in [0.15, 0.2) is 0 Å². The topological polar surface area (TPSA) is 63.9 Å². The second-order valence-electron chi connectivity index (χ2n) is 10.6. The molecule has 1 N–H and O–H groups in total. The molecule has 1 aliphatic rings. The molecule has 3 aromatic heterocycles. The largest absolute Gasteiger partial charge is 0.490 e. The van der Waals surface area contributed by atoms with E-state index in [1.165, 1.54) is 15.8 Å². The Labute approximate surface area is 275 Å². The van der Waals surface area contributed by atoms with Gasteiger partial charge in [-0.25, -0.2) is 9.97 Å². The van der Waals surface area contributed by atoms with E-state index in [-0.39, 0.29) is 0 Å². The van der Waals surface area contributed by atoms with Crippen molar-refractivity contribution in [1.29, 1.82) is 0 Å². The maximum atomic E-state index is 5.82. The number of fused-ring (bicyclic) bond motifs is 4. The minimum absolute atomic E-state index is 0.309. The molecule has 4 aromatic carbocycles. The second kappa shape index (κ2) is 14.0. The first-order chi connectivity index (χ1) is 21.0. The van der Waals surface area contributed by atoms with Crippen LogP contribution < -0.4 is 4.74 Å². The van der Waals surface area contributed by atoms with Crippen molar-refractivity contribution in [2.75, 3.05) is 0 Å². The van der Waals surface area contributed by atoms with Gasteiger partial charge >= 0.3 is 0 Å². The first-order valence-corrected chi connectivity index (χ1v) is 16.0. The highest BCUT2D eigenvalue weighted by Crippen LogP contribution is 2.30. The van der Waals surface area contributed by atoms with E-state index < -0.39 is 0 Å². The standard InChI is InChI=1S/C9H9ClO.C9H7ClO.C9H10N2.C8H6ClNS/c2*1-6-4-7-5-8(10)2-3-9(7)11-6;1-6-3-4-8-9(5-6)11-7(2)10-8;1-5-10-7-4-6(9)2-3-8(7)11-5/h2-3,5-6H,4H2,1H3;2-5H,1H3;3-5H,1-2H3,(H,10,11);2-4H,1H3. The zero-order valence-corrected chi connectivity index (χ0v) is 28.1. The Kier molecular flexibility index (Phi) is 10.2. The van der Waals surface area contributed by atoms with Gasteiger partial charge in [0.05, 0.1) is 26.3 Å². The van der Waals surface area contributed by atoms with E-state index in [4.69, 9.17) is 44.0 Å². The van der Waals surface area contributed by atoms with Crippen molar-refractivity contribution in [3.8, 4) is 5.75 Å². The van der Waals surface area contributed by atoms with Crippen molar-refractivity contribution in [3.63, 3.8) is 0 Å². The molecule has 0 saturated heterocycles. The Balaban J connectivity index is 0.000000116. The van der Waals surface area contributed by atoms with Gasteiger partial charge < -0.3 is 14.1 Å². The molecule has 1 atom stereocenters. The van der Waals surface area contributed by atoms with Crippen LogP contribution in [0.25, 0.3) is 32.2 Å². The number of H-pyrrole nitrogens is 1. The van der Waals surface area contributed by atoms with Gasteiger partial charge in [-0.3, -0.25) is 0 Å². The third kappa shape index (κ3) is 8.33. The Bertz CT molecular complexity index is 1860. The fourth-order valence-corrected chi connectivity index (χ4v) is 6.15.